The van der Waals surface area contributed by atoms with Gasteiger partial charge in [-0.2, -0.15) is 0 Å². The van der Waals surface area contributed by atoms with E-state index in [1.54, 1.807) is 0 Å². The molecule has 1 saturated carbocycles. The van der Waals surface area contributed by atoms with Crippen LogP contribution in [0.15, 0.2) is 0 Å². The molecule has 0 radical (unpaired) electrons. The van der Waals surface area contributed by atoms with E-state index < -0.39 is 5.54 Å². The Morgan fingerprint density at radius 1 is 1.37 bits per heavy atom. The summed E-state index contributed by atoms with van der Waals surface area (Å²) in [6.45, 7) is 5.92. The number of hydrogen-bond acceptors (Lipinski definition) is 3. The van der Waals surface area contributed by atoms with Gasteiger partial charge >= 0.3 is 0 Å². The minimum Gasteiger partial charge on any atom is -0.381 e. The van der Waals surface area contributed by atoms with Gasteiger partial charge in [-0.05, 0) is 44.4 Å². The smallest absolute Gasteiger partial charge is 0.240 e. The highest BCUT2D eigenvalue weighted by atomic mass is 16.5. The lowest BCUT2D eigenvalue weighted by Crippen LogP contribution is -2.58. The fraction of sp³-hybridized carbons (Fsp3) is 0.933. The fourth-order valence-corrected chi connectivity index (χ4v) is 3.48. The predicted molar refractivity (Wildman–Crippen MR) is 75.7 cm³/mol. The van der Waals surface area contributed by atoms with Crippen LogP contribution in [0.2, 0.25) is 0 Å². The molecular formula is C15H28N2O2. The van der Waals surface area contributed by atoms with Crippen molar-refractivity contribution in [1.29, 1.82) is 0 Å². The van der Waals surface area contributed by atoms with Crippen LogP contribution in [0.4, 0.5) is 0 Å². The van der Waals surface area contributed by atoms with Crippen molar-refractivity contribution in [1.82, 2.24) is 5.32 Å². The maximum absolute atomic E-state index is 12.5. The average molecular weight is 268 g/mol. The molecule has 0 aromatic carbocycles. The standard InChI is InChI=1S/C15H28N2O2/c1-11-4-3-7-15(16,10-11)14(18)17-12(2)13-5-8-19-9-6-13/h11-13H,3-10,16H2,1-2H3,(H,17,18). The molecule has 1 heterocycles. The van der Waals surface area contributed by atoms with E-state index in [-0.39, 0.29) is 11.9 Å². The van der Waals surface area contributed by atoms with Crippen LogP contribution in [0.25, 0.3) is 0 Å². The van der Waals surface area contributed by atoms with Gasteiger partial charge in [0, 0.05) is 19.3 Å². The van der Waals surface area contributed by atoms with E-state index in [9.17, 15) is 4.79 Å². The van der Waals surface area contributed by atoms with Crippen molar-refractivity contribution in [3.05, 3.63) is 0 Å². The quantitative estimate of drug-likeness (QED) is 0.820. The molecular weight excluding hydrogens is 240 g/mol. The van der Waals surface area contributed by atoms with E-state index in [0.717, 1.165) is 45.3 Å². The van der Waals surface area contributed by atoms with Crippen LogP contribution in [0, 0.1) is 11.8 Å². The van der Waals surface area contributed by atoms with E-state index in [4.69, 9.17) is 10.5 Å². The van der Waals surface area contributed by atoms with Crippen LogP contribution < -0.4 is 11.1 Å². The SMILES string of the molecule is CC1CCCC(N)(C(=O)NC(C)C2CCOCC2)C1. The van der Waals surface area contributed by atoms with Gasteiger partial charge in [0.15, 0.2) is 0 Å². The second-order valence-corrected chi connectivity index (χ2v) is 6.57. The normalized spacial score (nSPS) is 34.8. The number of nitrogens with two attached hydrogens (primary N) is 1. The summed E-state index contributed by atoms with van der Waals surface area (Å²) in [5.74, 6) is 1.14. The Morgan fingerprint density at radius 2 is 2.05 bits per heavy atom. The lowest BCUT2D eigenvalue weighted by atomic mass is 9.76. The van der Waals surface area contributed by atoms with Crippen LogP contribution in [-0.4, -0.2) is 30.7 Å². The second-order valence-electron chi connectivity index (χ2n) is 6.57. The highest BCUT2D eigenvalue weighted by molar-refractivity contribution is 5.86. The van der Waals surface area contributed by atoms with Crippen LogP contribution in [0.1, 0.15) is 52.4 Å². The van der Waals surface area contributed by atoms with Gasteiger partial charge in [-0.25, -0.2) is 0 Å². The summed E-state index contributed by atoms with van der Waals surface area (Å²) < 4.78 is 5.37. The van der Waals surface area contributed by atoms with Gasteiger partial charge in [-0.3, -0.25) is 4.79 Å². The first-order chi connectivity index (χ1) is 9.01. The number of rotatable bonds is 3. The Balaban J connectivity index is 1.88. The Labute approximate surface area is 116 Å². The Morgan fingerprint density at radius 3 is 2.68 bits per heavy atom. The van der Waals surface area contributed by atoms with Gasteiger partial charge in [0.05, 0.1) is 5.54 Å². The third-order valence-corrected chi connectivity index (χ3v) is 4.82. The van der Waals surface area contributed by atoms with Crippen molar-refractivity contribution >= 4 is 5.91 Å². The molecule has 4 heteroatoms. The molecule has 1 saturated heterocycles. The summed E-state index contributed by atoms with van der Waals surface area (Å²) in [6.07, 6.45) is 5.98. The lowest BCUT2D eigenvalue weighted by molar-refractivity contribution is -0.129. The Kier molecular flexibility index (Phi) is 4.85. The van der Waals surface area contributed by atoms with E-state index in [2.05, 4.69) is 19.2 Å². The monoisotopic (exact) mass is 268 g/mol. The number of ether oxygens (including phenoxy) is 1. The van der Waals surface area contributed by atoms with Crippen LogP contribution in [0.5, 0.6) is 0 Å². The van der Waals surface area contributed by atoms with E-state index >= 15 is 0 Å². The minimum absolute atomic E-state index is 0.0537. The zero-order chi connectivity index (χ0) is 13.9. The van der Waals surface area contributed by atoms with Crippen molar-refractivity contribution in [2.45, 2.75) is 64.0 Å². The van der Waals surface area contributed by atoms with Crippen LogP contribution >= 0.6 is 0 Å². The first-order valence-corrected chi connectivity index (χ1v) is 7.69. The molecule has 0 spiro atoms. The minimum atomic E-state index is -0.642. The summed E-state index contributed by atoms with van der Waals surface area (Å²) in [6, 6.07) is 0.203. The molecule has 2 aliphatic rings. The first-order valence-electron chi connectivity index (χ1n) is 7.69. The van der Waals surface area contributed by atoms with Gasteiger partial charge in [0.25, 0.3) is 0 Å². The number of carbonyl (C=O) groups is 1. The molecule has 3 atom stereocenters. The molecule has 0 bridgehead atoms. The lowest BCUT2D eigenvalue weighted by Gasteiger charge is -2.37. The van der Waals surface area contributed by atoms with Gasteiger partial charge < -0.3 is 15.8 Å². The Bertz CT molecular complexity index is 315. The molecule has 19 heavy (non-hydrogen) atoms. The number of carbonyl (C=O) groups excluding carboxylic acids is 1. The number of nitrogens with one attached hydrogen (secondary N) is 1. The summed E-state index contributed by atoms with van der Waals surface area (Å²) in [5.41, 5.74) is 5.69. The average Bonchev–Trinajstić information content (AvgIpc) is 2.39. The zero-order valence-corrected chi connectivity index (χ0v) is 12.3. The summed E-state index contributed by atoms with van der Waals surface area (Å²) in [7, 11) is 0. The first kappa shape index (κ1) is 14.8. The van der Waals surface area contributed by atoms with Crippen molar-refractivity contribution in [3.63, 3.8) is 0 Å². The molecule has 1 amide bonds. The van der Waals surface area contributed by atoms with Crippen molar-refractivity contribution in [3.8, 4) is 0 Å². The van der Waals surface area contributed by atoms with Crippen LogP contribution in [-0.2, 0) is 9.53 Å². The molecule has 2 rings (SSSR count). The third kappa shape index (κ3) is 3.69. The van der Waals surface area contributed by atoms with E-state index in [1.807, 2.05) is 0 Å². The van der Waals surface area contributed by atoms with E-state index in [0.29, 0.717) is 11.8 Å². The molecule has 110 valence electrons. The highest BCUT2D eigenvalue weighted by Crippen LogP contribution is 2.31. The molecule has 0 aromatic rings. The largest absolute Gasteiger partial charge is 0.381 e. The fourth-order valence-electron chi connectivity index (χ4n) is 3.48. The highest BCUT2D eigenvalue weighted by Gasteiger charge is 2.39. The maximum atomic E-state index is 12.5. The van der Waals surface area contributed by atoms with Crippen LogP contribution in [0.3, 0.4) is 0 Å². The van der Waals surface area contributed by atoms with Gasteiger partial charge in [-0.1, -0.05) is 19.8 Å². The van der Waals surface area contributed by atoms with E-state index in [1.165, 1.54) is 6.42 Å². The topological polar surface area (TPSA) is 64.4 Å². The molecule has 1 aliphatic heterocycles. The van der Waals surface area contributed by atoms with Crippen molar-refractivity contribution < 1.29 is 9.53 Å². The molecule has 2 fully saturated rings. The van der Waals surface area contributed by atoms with Gasteiger partial charge in [0.1, 0.15) is 0 Å². The third-order valence-electron chi connectivity index (χ3n) is 4.82. The van der Waals surface area contributed by atoms with Gasteiger partial charge in [0.2, 0.25) is 5.91 Å². The zero-order valence-electron chi connectivity index (χ0n) is 12.3. The summed E-state index contributed by atoms with van der Waals surface area (Å²) in [4.78, 5) is 12.5. The van der Waals surface area contributed by atoms with Gasteiger partial charge in [-0.15, -0.1) is 0 Å². The van der Waals surface area contributed by atoms with Crippen molar-refractivity contribution in [2.24, 2.45) is 17.6 Å². The molecule has 0 aromatic heterocycles. The van der Waals surface area contributed by atoms with Crippen molar-refractivity contribution in [2.75, 3.05) is 13.2 Å². The summed E-state index contributed by atoms with van der Waals surface area (Å²) >= 11 is 0. The second kappa shape index (κ2) is 6.23. The number of amides is 1. The Hall–Kier alpha value is -0.610. The maximum Gasteiger partial charge on any atom is 0.240 e. The molecule has 4 nitrogen and oxygen atoms in total. The molecule has 3 N–H and O–H groups in total. The molecule has 1 aliphatic carbocycles. The molecule has 3 unspecified atom stereocenters. The number of hydrogen-bond donors (Lipinski definition) is 2. The predicted octanol–water partition coefficient (Wildman–Crippen LogP) is 1.83. The summed E-state index contributed by atoms with van der Waals surface area (Å²) in [5, 5.41) is 3.16.